The van der Waals surface area contributed by atoms with Crippen LogP contribution in [0.1, 0.15) is 52.8 Å². The van der Waals surface area contributed by atoms with Gasteiger partial charge in [0.1, 0.15) is 11.6 Å². The number of amides is 1. The lowest BCUT2D eigenvalue weighted by Crippen LogP contribution is -2.41. The zero-order valence-electron chi connectivity index (χ0n) is 19.1. The Morgan fingerprint density at radius 3 is 2.50 bits per heavy atom. The average molecular weight is 466 g/mol. The van der Waals surface area contributed by atoms with Gasteiger partial charge in [0, 0.05) is 47.7 Å². The van der Waals surface area contributed by atoms with Crippen LogP contribution in [-0.4, -0.2) is 58.7 Å². The summed E-state index contributed by atoms with van der Waals surface area (Å²) < 4.78 is 27.8. The number of aromatic amines is 1. The average Bonchev–Trinajstić information content (AvgIpc) is 3.51. The van der Waals surface area contributed by atoms with E-state index < -0.39 is 5.82 Å². The Balaban J connectivity index is 1.15. The second kappa shape index (κ2) is 9.66. The highest BCUT2D eigenvalue weighted by molar-refractivity contribution is 5.99. The van der Waals surface area contributed by atoms with Gasteiger partial charge < -0.3 is 14.8 Å². The Morgan fingerprint density at radius 1 is 0.971 bits per heavy atom. The molecule has 2 aliphatic heterocycles. The first-order chi connectivity index (χ1) is 16.5. The molecule has 0 bridgehead atoms. The predicted molar refractivity (Wildman–Crippen MR) is 127 cm³/mol. The molecule has 2 aliphatic rings. The van der Waals surface area contributed by atoms with Crippen molar-refractivity contribution >= 4 is 22.6 Å². The van der Waals surface area contributed by atoms with Gasteiger partial charge in [-0.2, -0.15) is 0 Å². The Labute approximate surface area is 197 Å². The van der Waals surface area contributed by atoms with Crippen LogP contribution in [0.25, 0.3) is 10.9 Å². The number of rotatable bonds is 6. The van der Waals surface area contributed by atoms with Gasteiger partial charge in [0.15, 0.2) is 5.78 Å². The van der Waals surface area contributed by atoms with Crippen molar-refractivity contribution in [2.75, 3.05) is 26.2 Å². The third-order valence-electron chi connectivity index (χ3n) is 7.37. The number of fused-ring (bicyclic) bond motifs is 1. The molecule has 7 heteroatoms. The zero-order chi connectivity index (χ0) is 23.7. The zero-order valence-corrected chi connectivity index (χ0v) is 19.1. The lowest BCUT2D eigenvalue weighted by molar-refractivity contribution is 0.0700. The molecular formula is C27H29F2N3O2. The highest BCUT2D eigenvalue weighted by Gasteiger charge is 2.32. The third kappa shape index (κ3) is 4.62. The molecule has 0 radical (unpaired) electrons. The van der Waals surface area contributed by atoms with Gasteiger partial charge in [-0.05, 0) is 87.7 Å². The van der Waals surface area contributed by atoms with Gasteiger partial charge in [0.25, 0.3) is 5.91 Å². The summed E-state index contributed by atoms with van der Waals surface area (Å²) in [6.45, 7) is 3.16. The Hall–Kier alpha value is -3.06. The van der Waals surface area contributed by atoms with E-state index in [0.717, 1.165) is 62.6 Å². The van der Waals surface area contributed by atoms with Crippen molar-refractivity contribution in [3.63, 3.8) is 0 Å². The molecule has 3 aromatic rings. The fraction of sp³-hybridized carbons (Fsp3) is 0.407. The molecule has 5 nitrogen and oxygen atoms in total. The fourth-order valence-electron chi connectivity index (χ4n) is 5.39. The maximum absolute atomic E-state index is 14.6. The molecule has 2 fully saturated rings. The summed E-state index contributed by atoms with van der Waals surface area (Å²) in [6, 6.07) is 10.7. The van der Waals surface area contributed by atoms with E-state index in [9.17, 15) is 18.4 Å². The third-order valence-corrected chi connectivity index (χ3v) is 7.37. The predicted octanol–water partition coefficient (Wildman–Crippen LogP) is 5.04. The number of halogens is 2. The van der Waals surface area contributed by atoms with Crippen molar-refractivity contribution < 1.29 is 18.4 Å². The van der Waals surface area contributed by atoms with E-state index in [1.54, 1.807) is 30.5 Å². The smallest absolute Gasteiger partial charge is 0.257 e. The van der Waals surface area contributed by atoms with Gasteiger partial charge >= 0.3 is 0 Å². The molecule has 2 aromatic carbocycles. The first kappa shape index (κ1) is 22.7. The fourth-order valence-corrected chi connectivity index (χ4v) is 5.39. The van der Waals surface area contributed by atoms with Crippen molar-refractivity contribution in [2.45, 2.75) is 38.1 Å². The summed E-state index contributed by atoms with van der Waals surface area (Å²) in [5.41, 5.74) is 1.46. The Bertz CT molecular complexity index is 1180. The summed E-state index contributed by atoms with van der Waals surface area (Å²) in [6.07, 6.45) is 6.01. The van der Waals surface area contributed by atoms with Crippen molar-refractivity contribution in [1.29, 1.82) is 0 Å². The Morgan fingerprint density at radius 2 is 1.74 bits per heavy atom. The van der Waals surface area contributed by atoms with Crippen molar-refractivity contribution in [3.8, 4) is 0 Å². The minimum atomic E-state index is -0.476. The number of likely N-dealkylation sites (tertiary alicyclic amines) is 2. The van der Waals surface area contributed by atoms with E-state index in [0.29, 0.717) is 12.1 Å². The van der Waals surface area contributed by atoms with Crippen molar-refractivity contribution in [2.24, 2.45) is 5.92 Å². The second-order valence-corrected chi connectivity index (χ2v) is 9.47. The summed E-state index contributed by atoms with van der Waals surface area (Å²) in [4.78, 5) is 33.1. The van der Waals surface area contributed by atoms with E-state index in [2.05, 4.69) is 9.88 Å². The number of aromatic nitrogens is 1. The molecule has 0 spiro atoms. The number of H-pyrrole nitrogens is 1. The molecule has 3 heterocycles. The van der Waals surface area contributed by atoms with Crippen LogP contribution in [0, 0.1) is 17.6 Å². The van der Waals surface area contributed by atoms with E-state index >= 15 is 0 Å². The van der Waals surface area contributed by atoms with Crippen LogP contribution in [0.15, 0.2) is 48.7 Å². The number of hydrogen-bond donors (Lipinski definition) is 1. The second-order valence-electron chi connectivity index (χ2n) is 9.47. The molecule has 2 saturated heterocycles. The number of piperidine rings is 1. The van der Waals surface area contributed by atoms with Crippen LogP contribution >= 0.6 is 0 Å². The molecule has 0 aliphatic carbocycles. The van der Waals surface area contributed by atoms with E-state index in [1.165, 1.54) is 18.2 Å². The summed E-state index contributed by atoms with van der Waals surface area (Å²) in [7, 11) is 0. The number of benzene rings is 2. The first-order valence-electron chi connectivity index (χ1n) is 12.1. The molecule has 1 atom stereocenters. The molecule has 1 N–H and O–H groups in total. The van der Waals surface area contributed by atoms with Gasteiger partial charge in [-0.1, -0.05) is 0 Å². The summed E-state index contributed by atoms with van der Waals surface area (Å²) >= 11 is 0. The SMILES string of the molecule is O=C(c1ccc(F)cc1)C1CCN(CC[C@@H]2CCCN2C(=O)c2cc3[nH]ccc3cc2F)CC1. The Kier molecular flexibility index (Phi) is 6.46. The van der Waals surface area contributed by atoms with Crippen molar-refractivity contribution in [1.82, 2.24) is 14.8 Å². The number of nitrogens with one attached hydrogen (secondary N) is 1. The van der Waals surface area contributed by atoms with Crippen LogP contribution in [0.4, 0.5) is 8.78 Å². The number of hydrogen-bond acceptors (Lipinski definition) is 3. The number of ketones is 1. The van der Waals surface area contributed by atoms with E-state index in [1.807, 2.05) is 4.90 Å². The van der Waals surface area contributed by atoms with Gasteiger partial charge in [0.05, 0.1) is 5.56 Å². The largest absolute Gasteiger partial charge is 0.361 e. The quantitative estimate of drug-likeness (QED) is 0.519. The van der Waals surface area contributed by atoms with E-state index in [4.69, 9.17) is 0 Å². The summed E-state index contributed by atoms with van der Waals surface area (Å²) in [5.74, 6) is -0.987. The topological polar surface area (TPSA) is 56.4 Å². The van der Waals surface area contributed by atoms with Gasteiger partial charge in [-0.15, -0.1) is 0 Å². The maximum atomic E-state index is 14.6. The maximum Gasteiger partial charge on any atom is 0.257 e. The lowest BCUT2D eigenvalue weighted by atomic mass is 9.88. The van der Waals surface area contributed by atoms with Crippen molar-refractivity contribution in [3.05, 3.63) is 71.4 Å². The lowest BCUT2D eigenvalue weighted by Gasteiger charge is -2.33. The molecule has 1 amide bonds. The molecule has 178 valence electrons. The molecule has 1 aromatic heterocycles. The molecule has 34 heavy (non-hydrogen) atoms. The van der Waals surface area contributed by atoms with Crippen LogP contribution < -0.4 is 0 Å². The number of nitrogens with zero attached hydrogens (tertiary/aromatic N) is 2. The van der Waals surface area contributed by atoms with Gasteiger partial charge in [-0.25, -0.2) is 8.78 Å². The summed E-state index contributed by atoms with van der Waals surface area (Å²) in [5, 5.41) is 0.758. The van der Waals surface area contributed by atoms with Crippen LogP contribution in [0.2, 0.25) is 0 Å². The van der Waals surface area contributed by atoms with Gasteiger partial charge in [0.2, 0.25) is 0 Å². The van der Waals surface area contributed by atoms with Crippen LogP contribution in [0.5, 0.6) is 0 Å². The standard InChI is InChI=1S/C27H29F2N3O2/c28-21-5-3-18(4-6-21)26(33)19-8-13-31(14-9-19)15-10-22-2-1-12-32(22)27(34)23-17-25-20(7-11-30-25)16-24(23)29/h3-7,11,16-17,19,22,30H,1-2,8-10,12-15H2/t22-/m0/s1. The minimum absolute atomic E-state index is 0.0304. The van der Waals surface area contributed by atoms with E-state index in [-0.39, 0.29) is 35.0 Å². The minimum Gasteiger partial charge on any atom is -0.361 e. The molecule has 0 saturated carbocycles. The number of carbonyl (C=O) groups is 2. The first-order valence-corrected chi connectivity index (χ1v) is 12.1. The molecule has 5 rings (SSSR count). The van der Waals surface area contributed by atoms with Crippen LogP contribution in [-0.2, 0) is 0 Å². The molecular weight excluding hydrogens is 436 g/mol. The van der Waals surface area contributed by atoms with Crippen LogP contribution in [0.3, 0.4) is 0 Å². The molecule has 0 unspecified atom stereocenters. The highest BCUT2D eigenvalue weighted by atomic mass is 19.1. The number of carbonyl (C=O) groups excluding carboxylic acids is 2. The number of Topliss-reactive ketones (excluding diaryl/α,β-unsaturated/α-hetero) is 1. The highest BCUT2D eigenvalue weighted by Crippen LogP contribution is 2.27. The monoisotopic (exact) mass is 465 g/mol. The van der Waals surface area contributed by atoms with Gasteiger partial charge in [-0.3, -0.25) is 9.59 Å². The normalized spacial score (nSPS) is 19.7.